The van der Waals surface area contributed by atoms with Crippen LogP contribution in [0.25, 0.3) is 0 Å². The Labute approximate surface area is 171 Å². The van der Waals surface area contributed by atoms with Crippen molar-refractivity contribution >= 4 is 17.5 Å². The molecule has 1 aliphatic rings. The van der Waals surface area contributed by atoms with E-state index in [0.29, 0.717) is 24.5 Å². The van der Waals surface area contributed by atoms with E-state index in [0.717, 1.165) is 31.5 Å². The Morgan fingerprint density at radius 2 is 2.00 bits per heavy atom. The molecule has 0 bridgehead atoms. The number of carbonyl (C=O) groups is 2. The number of hydrogen-bond donors (Lipinski definition) is 1. The van der Waals surface area contributed by atoms with E-state index in [4.69, 9.17) is 4.74 Å². The molecule has 1 aromatic carbocycles. The number of benzene rings is 1. The summed E-state index contributed by atoms with van der Waals surface area (Å²) < 4.78 is 7.02. The number of ether oxygens (including phenoxy) is 1. The summed E-state index contributed by atoms with van der Waals surface area (Å²) in [5.74, 6) is 0.680. The molecule has 0 aliphatic carbocycles. The molecule has 1 N–H and O–H groups in total. The molecule has 8 heteroatoms. The van der Waals surface area contributed by atoms with Crippen LogP contribution >= 0.6 is 0 Å². The molecule has 0 atom stereocenters. The van der Waals surface area contributed by atoms with Gasteiger partial charge in [-0.3, -0.25) is 19.2 Å². The van der Waals surface area contributed by atoms with Crippen LogP contribution in [0.1, 0.15) is 18.4 Å². The van der Waals surface area contributed by atoms with Gasteiger partial charge < -0.3 is 15.0 Å². The summed E-state index contributed by atoms with van der Waals surface area (Å²) in [5, 5.41) is 7.10. The molecular weight excluding hydrogens is 370 g/mol. The molecule has 0 radical (unpaired) electrons. The van der Waals surface area contributed by atoms with E-state index in [9.17, 15) is 9.59 Å². The van der Waals surface area contributed by atoms with Gasteiger partial charge in [0.1, 0.15) is 5.75 Å². The SMILES string of the molecule is COc1ccccc1NC(=O)C1CCN(CC(=O)N(C)Cc2cnn(C)c2)CC1. The number of nitrogens with zero attached hydrogens (tertiary/aromatic N) is 4. The number of anilines is 1. The summed E-state index contributed by atoms with van der Waals surface area (Å²) in [5.41, 5.74) is 1.70. The average molecular weight is 399 g/mol. The molecule has 29 heavy (non-hydrogen) atoms. The number of hydrogen-bond acceptors (Lipinski definition) is 5. The fourth-order valence-electron chi connectivity index (χ4n) is 3.56. The highest BCUT2D eigenvalue weighted by atomic mass is 16.5. The first-order valence-corrected chi connectivity index (χ1v) is 9.84. The van der Waals surface area contributed by atoms with Gasteiger partial charge in [-0.2, -0.15) is 5.10 Å². The van der Waals surface area contributed by atoms with E-state index in [2.05, 4.69) is 15.3 Å². The Bertz CT molecular complexity index is 842. The molecule has 1 saturated heterocycles. The number of carbonyl (C=O) groups excluding carboxylic acids is 2. The maximum Gasteiger partial charge on any atom is 0.236 e. The molecule has 0 spiro atoms. The zero-order valence-electron chi connectivity index (χ0n) is 17.3. The summed E-state index contributed by atoms with van der Waals surface area (Å²) in [6, 6.07) is 7.40. The number of likely N-dealkylation sites (N-methyl/N-ethyl adjacent to an activating group) is 1. The average Bonchev–Trinajstić information content (AvgIpc) is 3.13. The molecular formula is C21H29N5O3. The van der Waals surface area contributed by atoms with Crippen molar-refractivity contribution in [1.29, 1.82) is 0 Å². The lowest BCUT2D eigenvalue weighted by Gasteiger charge is -2.32. The predicted molar refractivity (Wildman–Crippen MR) is 110 cm³/mol. The van der Waals surface area contributed by atoms with Crippen LogP contribution < -0.4 is 10.1 Å². The van der Waals surface area contributed by atoms with Crippen LogP contribution in [0, 0.1) is 5.92 Å². The van der Waals surface area contributed by atoms with Crippen LogP contribution in [0.3, 0.4) is 0 Å². The molecule has 3 rings (SSSR count). The van der Waals surface area contributed by atoms with Crippen molar-refractivity contribution in [2.75, 3.05) is 39.1 Å². The number of para-hydroxylation sites is 2. The van der Waals surface area contributed by atoms with Crippen molar-refractivity contribution in [2.24, 2.45) is 13.0 Å². The molecule has 2 aromatic rings. The molecule has 0 unspecified atom stereocenters. The molecule has 0 saturated carbocycles. The second-order valence-corrected chi connectivity index (χ2v) is 7.51. The summed E-state index contributed by atoms with van der Waals surface area (Å²) in [7, 11) is 5.26. The van der Waals surface area contributed by atoms with Crippen LogP contribution in [0.2, 0.25) is 0 Å². The Hall–Kier alpha value is -2.87. The summed E-state index contributed by atoms with van der Waals surface area (Å²) in [6.45, 7) is 2.38. The normalized spacial score (nSPS) is 15.1. The molecule has 2 heterocycles. The van der Waals surface area contributed by atoms with Crippen LogP contribution in [-0.4, -0.2) is 65.2 Å². The minimum absolute atomic E-state index is 0.00849. The molecule has 1 aliphatic heterocycles. The zero-order chi connectivity index (χ0) is 20.8. The van der Waals surface area contributed by atoms with E-state index in [1.54, 1.807) is 22.9 Å². The van der Waals surface area contributed by atoms with Crippen molar-refractivity contribution in [3.63, 3.8) is 0 Å². The lowest BCUT2D eigenvalue weighted by Crippen LogP contribution is -2.43. The van der Waals surface area contributed by atoms with Crippen molar-refractivity contribution in [1.82, 2.24) is 19.6 Å². The Kier molecular flexibility index (Phi) is 6.87. The number of aromatic nitrogens is 2. The molecule has 8 nitrogen and oxygen atoms in total. The number of amides is 2. The van der Waals surface area contributed by atoms with Crippen LogP contribution in [-0.2, 0) is 23.2 Å². The Morgan fingerprint density at radius 1 is 1.28 bits per heavy atom. The smallest absolute Gasteiger partial charge is 0.236 e. The highest BCUT2D eigenvalue weighted by Crippen LogP contribution is 2.25. The van der Waals surface area contributed by atoms with E-state index in [1.165, 1.54) is 0 Å². The maximum atomic E-state index is 12.6. The minimum Gasteiger partial charge on any atom is -0.495 e. The second-order valence-electron chi connectivity index (χ2n) is 7.51. The third-order valence-electron chi connectivity index (χ3n) is 5.29. The number of rotatable bonds is 7. The van der Waals surface area contributed by atoms with Gasteiger partial charge in [-0.05, 0) is 38.1 Å². The topological polar surface area (TPSA) is 79.7 Å². The van der Waals surface area contributed by atoms with Gasteiger partial charge in [0.05, 0.1) is 25.5 Å². The molecule has 156 valence electrons. The lowest BCUT2D eigenvalue weighted by atomic mass is 9.95. The third kappa shape index (κ3) is 5.57. The number of piperidine rings is 1. The Balaban J connectivity index is 1.44. The maximum absolute atomic E-state index is 12.6. The summed E-state index contributed by atoms with van der Waals surface area (Å²) >= 11 is 0. The van der Waals surface area contributed by atoms with Gasteiger partial charge in [0.2, 0.25) is 11.8 Å². The van der Waals surface area contributed by atoms with Gasteiger partial charge in [0.25, 0.3) is 0 Å². The third-order valence-corrected chi connectivity index (χ3v) is 5.29. The monoisotopic (exact) mass is 399 g/mol. The fraction of sp³-hybridized carbons (Fsp3) is 0.476. The van der Waals surface area contributed by atoms with Gasteiger partial charge >= 0.3 is 0 Å². The van der Waals surface area contributed by atoms with E-state index in [1.807, 2.05) is 44.6 Å². The first-order chi connectivity index (χ1) is 14.0. The molecule has 2 amide bonds. The van der Waals surface area contributed by atoms with Crippen LogP contribution in [0.5, 0.6) is 5.75 Å². The lowest BCUT2D eigenvalue weighted by molar-refractivity contribution is -0.132. The van der Waals surface area contributed by atoms with Gasteiger partial charge in [-0.15, -0.1) is 0 Å². The fourth-order valence-corrected chi connectivity index (χ4v) is 3.56. The van der Waals surface area contributed by atoms with Gasteiger partial charge in [0.15, 0.2) is 0 Å². The first kappa shape index (κ1) is 20.9. The second kappa shape index (κ2) is 9.56. The predicted octanol–water partition coefficient (Wildman–Crippen LogP) is 1.74. The standard InChI is InChI=1S/C21H29N5O3/c1-24(13-16-12-22-25(2)14-16)20(27)15-26-10-8-17(9-11-26)21(28)23-18-6-4-5-7-19(18)29-3/h4-7,12,14,17H,8-11,13,15H2,1-3H3,(H,23,28). The van der Waals surface area contributed by atoms with Gasteiger partial charge in [-0.1, -0.05) is 12.1 Å². The van der Waals surface area contributed by atoms with Crippen molar-refractivity contribution in [3.8, 4) is 5.75 Å². The molecule has 1 fully saturated rings. The summed E-state index contributed by atoms with van der Waals surface area (Å²) in [4.78, 5) is 29.0. The zero-order valence-corrected chi connectivity index (χ0v) is 17.3. The largest absolute Gasteiger partial charge is 0.495 e. The molecule has 1 aromatic heterocycles. The summed E-state index contributed by atoms with van der Waals surface area (Å²) in [6.07, 6.45) is 5.16. The quantitative estimate of drug-likeness (QED) is 0.767. The van der Waals surface area contributed by atoms with Gasteiger partial charge in [-0.25, -0.2) is 0 Å². The highest BCUT2D eigenvalue weighted by molar-refractivity contribution is 5.94. The highest BCUT2D eigenvalue weighted by Gasteiger charge is 2.27. The number of methoxy groups -OCH3 is 1. The number of likely N-dealkylation sites (tertiary alicyclic amines) is 1. The van der Waals surface area contributed by atoms with Crippen LogP contribution in [0.15, 0.2) is 36.7 Å². The van der Waals surface area contributed by atoms with Gasteiger partial charge in [0, 0.05) is 38.3 Å². The van der Waals surface area contributed by atoms with Crippen molar-refractivity contribution in [3.05, 3.63) is 42.2 Å². The van der Waals surface area contributed by atoms with Crippen molar-refractivity contribution < 1.29 is 14.3 Å². The van der Waals surface area contributed by atoms with E-state index in [-0.39, 0.29) is 17.7 Å². The van der Waals surface area contributed by atoms with E-state index >= 15 is 0 Å². The first-order valence-electron chi connectivity index (χ1n) is 9.84. The van der Waals surface area contributed by atoms with E-state index < -0.39 is 0 Å². The number of aryl methyl sites for hydroxylation is 1. The number of nitrogens with one attached hydrogen (secondary N) is 1. The van der Waals surface area contributed by atoms with Crippen molar-refractivity contribution in [2.45, 2.75) is 19.4 Å². The van der Waals surface area contributed by atoms with Crippen LogP contribution in [0.4, 0.5) is 5.69 Å². The Morgan fingerprint density at radius 3 is 2.66 bits per heavy atom. The minimum atomic E-state index is -0.0561.